The molecule has 9 heteroatoms. The summed E-state index contributed by atoms with van der Waals surface area (Å²) in [5.41, 5.74) is 0. The first kappa shape index (κ1) is 21.8. The molecule has 0 saturated carbocycles. The Kier molecular flexibility index (Phi) is 8.66. The molecule has 0 amide bonds. The van der Waals surface area contributed by atoms with E-state index in [1.807, 2.05) is 26.0 Å². The average molecular weight is 417 g/mol. The molecule has 1 aromatic rings. The van der Waals surface area contributed by atoms with Crippen molar-refractivity contribution in [3.8, 4) is 5.75 Å². The highest BCUT2D eigenvalue weighted by Crippen LogP contribution is 2.16. The van der Waals surface area contributed by atoms with Crippen LogP contribution in [-0.4, -0.2) is 76.2 Å². The molecule has 0 spiro atoms. The van der Waals surface area contributed by atoms with Crippen molar-refractivity contribution in [1.29, 1.82) is 0 Å². The van der Waals surface area contributed by atoms with Crippen LogP contribution in [0.1, 0.15) is 13.8 Å². The van der Waals surface area contributed by atoms with Crippen LogP contribution in [0.3, 0.4) is 0 Å². The van der Waals surface area contributed by atoms with Gasteiger partial charge in [0.15, 0.2) is 15.8 Å². The predicted molar refractivity (Wildman–Crippen MR) is 111 cm³/mol. The predicted octanol–water partition coefficient (Wildman–Crippen LogP) is 1.39. The lowest BCUT2D eigenvalue weighted by Crippen LogP contribution is -2.46. The van der Waals surface area contributed by atoms with Crippen LogP contribution in [0, 0.1) is 0 Å². The molecule has 1 heterocycles. The number of rotatable bonds is 8. The van der Waals surface area contributed by atoms with Gasteiger partial charge in [0, 0.05) is 37.7 Å². The molecule has 1 aliphatic heterocycles. The number of hydrogen-bond donors (Lipinski definition) is 2. The summed E-state index contributed by atoms with van der Waals surface area (Å²) in [5.74, 6) is 2.00. The number of sulfone groups is 1. The molecule has 0 aliphatic carbocycles. The molecule has 27 heavy (non-hydrogen) atoms. The van der Waals surface area contributed by atoms with Crippen molar-refractivity contribution in [2.75, 3.05) is 50.8 Å². The molecule has 2 rings (SSSR count). The van der Waals surface area contributed by atoms with Gasteiger partial charge in [-0.25, -0.2) is 13.4 Å². The van der Waals surface area contributed by atoms with Crippen LogP contribution in [0.25, 0.3) is 0 Å². The maximum Gasteiger partial charge on any atom is 0.191 e. The van der Waals surface area contributed by atoms with Gasteiger partial charge in [-0.15, -0.1) is 0 Å². The van der Waals surface area contributed by atoms with Crippen LogP contribution in [0.4, 0.5) is 0 Å². The van der Waals surface area contributed by atoms with Gasteiger partial charge in [0.05, 0.1) is 18.1 Å². The van der Waals surface area contributed by atoms with Gasteiger partial charge >= 0.3 is 0 Å². The lowest BCUT2D eigenvalue weighted by Gasteiger charge is -2.26. The largest absolute Gasteiger partial charge is 0.489 e. The van der Waals surface area contributed by atoms with Gasteiger partial charge in [0.2, 0.25) is 0 Å². The third-order valence-electron chi connectivity index (χ3n) is 4.16. The Morgan fingerprint density at radius 1 is 1.26 bits per heavy atom. The second-order valence-electron chi connectivity index (χ2n) is 6.52. The number of halogens is 1. The minimum absolute atomic E-state index is 0.0751. The fraction of sp³-hybridized carbons (Fsp3) is 0.611. The first-order valence-electron chi connectivity index (χ1n) is 9.25. The molecule has 1 atom stereocenters. The van der Waals surface area contributed by atoms with E-state index in [9.17, 15) is 8.42 Å². The smallest absolute Gasteiger partial charge is 0.191 e. The molecule has 152 valence electrons. The van der Waals surface area contributed by atoms with Gasteiger partial charge in [0.25, 0.3) is 0 Å². The summed E-state index contributed by atoms with van der Waals surface area (Å²) < 4.78 is 28.8. The quantitative estimate of drug-likeness (QED) is 0.492. The molecule has 1 aliphatic rings. The second-order valence-corrected chi connectivity index (χ2v) is 9.26. The highest BCUT2D eigenvalue weighted by Gasteiger charge is 2.20. The highest BCUT2D eigenvalue weighted by molar-refractivity contribution is 7.91. The first-order chi connectivity index (χ1) is 12.9. The number of aliphatic imine (C=N–C) groups is 1. The Morgan fingerprint density at radius 2 is 1.93 bits per heavy atom. The molecule has 2 N–H and O–H groups in total. The maximum absolute atomic E-state index is 11.5. The summed E-state index contributed by atoms with van der Waals surface area (Å²) in [6.45, 7) is 7.96. The molecule has 1 unspecified atom stereocenters. The third kappa shape index (κ3) is 8.36. The van der Waals surface area contributed by atoms with Gasteiger partial charge in [-0.05, 0) is 38.1 Å². The molecule has 1 saturated heterocycles. The number of nitrogens with zero attached hydrogens (tertiary/aromatic N) is 2. The number of nitrogens with one attached hydrogen (secondary N) is 2. The fourth-order valence-electron chi connectivity index (χ4n) is 2.65. The summed E-state index contributed by atoms with van der Waals surface area (Å²) in [6.07, 6.45) is -0.0751. The number of ether oxygens (including phenoxy) is 1. The third-order valence-corrected chi connectivity index (χ3v) is 6.02. The minimum Gasteiger partial charge on any atom is -0.489 e. The van der Waals surface area contributed by atoms with Crippen LogP contribution in [0.15, 0.2) is 29.3 Å². The van der Waals surface area contributed by atoms with E-state index in [1.165, 1.54) is 0 Å². The van der Waals surface area contributed by atoms with E-state index < -0.39 is 9.84 Å². The van der Waals surface area contributed by atoms with Crippen LogP contribution in [0.2, 0.25) is 5.02 Å². The van der Waals surface area contributed by atoms with Gasteiger partial charge in [-0.2, -0.15) is 0 Å². The van der Waals surface area contributed by atoms with Crippen LogP contribution >= 0.6 is 11.6 Å². The Hall–Kier alpha value is -1.51. The van der Waals surface area contributed by atoms with Crippen molar-refractivity contribution in [1.82, 2.24) is 15.5 Å². The van der Waals surface area contributed by atoms with Crippen molar-refractivity contribution < 1.29 is 13.2 Å². The van der Waals surface area contributed by atoms with Crippen molar-refractivity contribution in [3.05, 3.63) is 29.3 Å². The van der Waals surface area contributed by atoms with E-state index in [0.29, 0.717) is 31.2 Å². The fourth-order valence-corrected chi connectivity index (χ4v) is 4.05. The van der Waals surface area contributed by atoms with Gasteiger partial charge < -0.3 is 15.4 Å². The van der Waals surface area contributed by atoms with Crippen LogP contribution in [-0.2, 0) is 9.84 Å². The Bertz CT molecular complexity index is 696. The Morgan fingerprint density at radius 3 is 2.56 bits per heavy atom. The molecular weight excluding hydrogens is 388 g/mol. The molecule has 0 aromatic heterocycles. The molecule has 1 aromatic carbocycles. The zero-order valence-electron chi connectivity index (χ0n) is 15.9. The maximum atomic E-state index is 11.5. The SMILES string of the molecule is CCNC(=NCC(C)Oc1ccc(Cl)cc1)NCCN1CCS(=O)(=O)CC1. The van der Waals surface area contributed by atoms with E-state index in [1.54, 1.807) is 12.1 Å². The molecule has 0 radical (unpaired) electrons. The Balaban J connectivity index is 1.75. The van der Waals surface area contributed by atoms with Crippen molar-refractivity contribution in [3.63, 3.8) is 0 Å². The standard InChI is InChI=1S/C18H29ClN4O3S/c1-3-20-18(21-8-9-23-10-12-27(24,25)13-11-23)22-14-15(2)26-17-6-4-16(19)5-7-17/h4-7,15H,3,8-14H2,1-2H3,(H2,20,21,22). The van der Waals surface area contributed by atoms with E-state index in [-0.39, 0.29) is 17.6 Å². The van der Waals surface area contributed by atoms with Crippen molar-refractivity contribution in [2.45, 2.75) is 20.0 Å². The van der Waals surface area contributed by atoms with E-state index >= 15 is 0 Å². The summed E-state index contributed by atoms with van der Waals surface area (Å²) in [6, 6.07) is 7.27. The zero-order valence-corrected chi connectivity index (χ0v) is 17.5. The summed E-state index contributed by atoms with van der Waals surface area (Å²) in [5, 5.41) is 7.18. The first-order valence-corrected chi connectivity index (χ1v) is 11.4. The molecule has 0 bridgehead atoms. The number of benzene rings is 1. The van der Waals surface area contributed by atoms with Gasteiger partial charge in [0.1, 0.15) is 11.9 Å². The number of hydrogen-bond acceptors (Lipinski definition) is 5. The highest BCUT2D eigenvalue weighted by atomic mass is 35.5. The number of guanidine groups is 1. The minimum atomic E-state index is -2.83. The molecular formula is C18H29ClN4O3S. The molecule has 1 fully saturated rings. The van der Waals surface area contributed by atoms with Crippen molar-refractivity contribution >= 4 is 27.4 Å². The van der Waals surface area contributed by atoms with Crippen LogP contribution in [0.5, 0.6) is 5.75 Å². The van der Waals surface area contributed by atoms with E-state index in [0.717, 1.165) is 24.8 Å². The lowest BCUT2D eigenvalue weighted by atomic mass is 10.3. The van der Waals surface area contributed by atoms with E-state index in [4.69, 9.17) is 16.3 Å². The van der Waals surface area contributed by atoms with Gasteiger partial charge in [-0.3, -0.25) is 4.90 Å². The summed E-state index contributed by atoms with van der Waals surface area (Å²) >= 11 is 5.88. The lowest BCUT2D eigenvalue weighted by molar-refractivity contribution is 0.230. The molecule has 7 nitrogen and oxygen atoms in total. The van der Waals surface area contributed by atoms with Gasteiger partial charge in [-0.1, -0.05) is 11.6 Å². The van der Waals surface area contributed by atoms with E-state index in [2.05, 4.69) is 20.5 Å². The zero-order chi connectivity index (χ0) is 19.7. The monoisotopic (exact) mass is 416 g/mol. The summed E-state index contributed by atoms with van der Waals surface area (Å²) in [7, 11) is -2.83. The summed E-state index contributed by atoms with van der Waals surface area (Å²) in [4.78, 5) is 6.72. The topological polar surface area (TPSA) is 83.0 Å². The average Bonchev–Trinajstić information content (AvgIpc) is 2.63. The van der Waals surface area contributed by atoms with Crippen LogP contribution < -0.4 is 15.4 Å². The Labute approximate surface area is 167 Å². The second kappa shape index (κ2) is 10.7. The normalized spacial score (nSPS) is 18.7. The van der Waals surface area contributed by atoms with Crippen molar-refractivity contribution in [2.24, 2.45) is 4.99 Å².